The highest BCUT2D eigenvalue weighted by Gasteiger charge is 2.21. The van der Waals surface area contributed by atoms with Gasteiger partial charge in [0.05, 0.1) is 12.8 Å². The number of urea groups is 1. The lowest BCUT2D eigenvalue weighted by Gasteiger charge is -2.18. The van der Waals surface area contributed by atoms with Crippen LogP contribution in [0.1, 0.15) is 26.0 Å². The van der Waals surface area contributed by atoms with Crippen LogP contribution in [0, 0.1) is 5.92 Å². The molecule has 7 nitrogen and oxygen atoms in total. The molecule has 7 heteroatoms. The number of rotatable bonds is 6. The summed E-state index contributed by atoms with van der Waals surface area (Å²) in [4.78, 5) is 23.0. The molecule has 0 saturated heterocycles. The second-order valence-electron chi connectivity index (χ2n) is 4.56. The fraction of sp³-hybridized carbons (Fsp3) is 0.500. The largest absolute Gasteiger partial charge is 0.467 e. The van der Waals surface area contributed by atoms with Gasteiger partial charge in [-0.05, 0) is 24.5 Å². The predicted molar refractivity (Wildman–Crippen MR) is 67.3 cm³/mol. The van der Waals surface area contributed by atoms with Crippen molar-refractivity contribution < 1.29 is 19.2 Å². The molecule has 0 fully saturated rings. The van der Waals surface area contributed by atoms with Gasteiger partial charge in [-0.1, -0.05) is 13.8 Å². The number of carbonyl (C=O) groups is 2. The van der Waals surface area contributed by atoms with Gasteiger partial charge in [0.15, 0.2) is 0 Å². The summed E-state index contributed by atoms with van der Waals surface area (Å²) in [7, 11) is 0. The van der Waals surface area contributed by atoms with E-state index in [4.69, 9.17) is 9.62 Å². The van der Waals surface area contributed by atoms with E-state index in [9.17, 15) is 9.59 Å². The number of amides is 3. The van der Waals surface area contributed by atoms with Crippen molar-refractivity contribution in [3.8, 4) is 0 Å². The Hall–Kier alpha value is -2.02. The highest BCUT2D eigenvalue weighted by atomic mass is 16.5. The normalized spacial score (nSPS) is 12.0. The Balaban J connectivity index is 2.44. The molecule has 0 saturated carbocycles. The quantitative estimate of drug-likeness (QED) is 0.457. The first-order chi connectivity index (χ1) is 9.02. The molecule has 0 aromatic carbocycles. The van der Waals surface area contributed by atoms with Crippen LogP contribution in [0.2, 0.25) is 0 Å². The maximum atomic E-state index is 11.6. The van der Waals surface area contributed by atoms with Crippen LogP contribution >= 0.6 is 0 Å². The molecule has 19 heavy (non-hydrogen) atoms. The third-order valence-electron chi connectivity index (χ3n) is 2.44. The van der Waals surface area contributed by atoms with E-state index >= 15 is 0 Å². The monoisotopic (exact) mass is 269 g/mol. The van der Waals surface area contributed by atoms with Crippen LogP contribution in [-0.2, 0) is 11.3 Å². The van der Waals surface area contributed by atoms with Gasteiger partial charge < -0.3 is 15.1 Å². The number of furan rings is 1. The molecule has 0 bridgehead atoms. The second kappa shape index (κ2) is 7.42. The SMILES string of the molecule is CC(C)C[C@H](NC(=O)NCc1ccco1)C(=O)NO. The Morgan fingerprint density at radius 1 is 1.42 bits per heavy atom. The maximum Gasteiger partial charge on any atom is 0.315 e. The van der Waals surface area contributed by atoms with Crippen LogP contribution < -0.4 is 16.1 Å². The van der Waals surface area contributed by atoms with Crippen LogP contribution in [-0.4, -0.2) is 23.2 Å². The summed E-state index contributed by atoms with van der Waals surface area (Å²) in [6.45, 7) is 4.06. The average Bonchev–Trinajstić information content (AvgIpc) is 2.87. The minimum atomic E-state index is -0.776. The summed E-state index contributed by atoms with van der Waals surface area (Å²) in [6, 6.07) is 2.18. The fourth-order valence-corrected chi connectivity index (χ4v) is 1.57. The highest BCUT2D eigenvalue weighted by Crippen LogP contribution is 2.05. The van der Waals surface area contributed by atoms with Gasteiger partial charge in [-0.15, -0.1) is 0 Å². The molecule has 0 aliphatic carbocycles. The number of hydrogen-bond acceptors (Lipinski definition) is 4. The third kappa shape index (κ3) is 5.43. The van der Waals surface area contributed by atoms with Crippen LogP contribution in [0.25, 0.3) is 0 Å². The lowest BCUT2D eigenvalue weighted by Crippen LogP contribution is -2.49. The first-order valence-corrected chi connectivity index (χ1v) is 6.03. The maximum absolute atomic E-state index is 11.6. The molecule has 0 unspecified atom stereocenters. The molecule has 1 rings (SSSR count). The van der Waals surface area contributed by atoms with E-state index in [-0.39, 0.29) is 12.5 Å². The zero-order chi connectivity index (χ0) is 14.3. The first kappa shape index (κ1) is 15.0. The molecule has 106 valence electrons. The molecule has 0 aliphatic heterocycles. The Labute approximate surface area is 111 Å². The lowest BCUT2D eigenvalue weighted by molar-refractivity contribution is -0.131. The van der Waals surface area contributed by atoms with Crippen molar-refractivity contribution in [3.05, 3.63) is 24.2 Å². The Bertz CT molecular complexity index is 403. The summed E-state index contributed by atoms with van der Waals surface area (Å²) < 4.78 is 5.06. The smallest absolute Gasteiger partial charge is 0.315 e. The number of hydroxylamine groups is 1. The van der Waals surface area contributed by atoms with Crippen molar-refractivity contribution in [3.63, 3.8) is 0 Å². The molecule has 0 spiro atoms. The number of nitrogens with one attached hydrogen (secondary N) is 3. The predicted octanol–water partition coefficient (Wildman–Crippen LogP) is 0.999. The van der Waals surface area contributed by atoms with Crippen molar-refractivity contribution in [1.82, 2.24) is 16.1 Å². The molecule has 1 aromatic rings. The zero-order valence-corrected chi connectivity index (χ0v) is 11.0. The second-order valence-corrected chi connectivity index (χ2v) is 4.56. The molecule has 0 aliphatic rings. The zero-order valence-electron chi connectivity index (χ0n) is 11.0. The summed E-state index contributed by atoms with van der Waals surface area (Å²) in [5, 5.41) is 13.7. The van der Waals surface area contributed by atoms with Crippen molar-refractivity contribution in [2.24, 2.45) is 5.92 Å². The van der Waals surface area contributed by atoms with E-state index in [0.29, 0.717) is 12.2 Å². The minimum absolute atomic E-state index is 0.202. The molecular formula is C12H19N3O4. The molecule has 4 N–H and O–H groups in total. The molecule has 3 amide bonds. The van der Waals surface area contributed by atoms with E-state index in [1.54, 1.807) is 17.6 Å². The molecule has 1 atom stereocenters. The van der Waals surface area contributed by atoms with Gasteiger partial charge in [0, 0.05) is 0 Å². The minimum Gasteiger partial charge on any atom is -0.467 e. The Kier molecular flexibility index (Phi) is 5.87. The van der Waals surface area contributed by atoms with Crippen LogP contribution in [0.5, 0.6) is 0 Å². The van der Waals surface area contributed by atoms with Crippen LogP contribution in [0.15, 0.2) is 22.8 Å². The molecule has 1 aromatic heterocycles. The molecule has 0 radical (unpaired) electrons. The van der Waals surface area contributed by atoms with Crippen molar-refractivity contribution in [2.45, 2.75) is 32.9 Å². The van der Waals surface area contributed by atoms with Crippen molar-refractivity contribution in [2.75, 3.05) is 0 Å². The number of carbonyl (C=O) groups excluding carboxylic acids is 2. The molecule has 1 heterocycles. The van der Waals surface area contributed by atoms with E-state index in [2.05, 4.69) is 10.6 Å². The van der Waals surface area contributed by atoms with E-state index in [0.717, 1.165) is 0 Å². The number of hydrogen-bond donors (Lipinski definition) is 4. The van der Waals surface area contributed by atoms with Gasteiger partial charge in [0.1, 0.15) is 11.8 Å². The van der Waals surface area contributed by atoms with Crippen LogP contribution in [0.4, 0.5) is 4.79 Å². The van der Waals surface area contributed by atoms with Crippen molar-refractivity contribution >= 4 is 11.9 Å². The van der Waals surface area contributed by atoms with Crippen molar-refractivity contribution in [1.29, 1.82) is 0 Å². The average molecular weight is 269 g/mol. The topological polar surface area (TPSA) is 104 Å². The van der Waals surface area contributed by atoms with Gasteiger partial charge in [0.25, 0.3) is 5.91 Å². The summed E-state index contributed by atoms with van der Waals surface area (Å²) in [5.74, 6) is 0.177. The standard InChI is InChI=1S/C12H19N3O4/c1-8(2)6-10(11(16)15-18)14-12(17)13-7-9-4-3-5-19-9/h3-5,8,10,18H,6-7H2,1-2H3,(H,15,16)(H2,13,14,17)/t10-/m0/s1. The summed E-state index contributed by atoms with van der Waals surface area (Å²) in [5.41, 5.74) is 1.55. The summed E-state index contributed by atoms with van der Waals surface area (Å²) in [6.07, 6.45) is 1.94. The Morgan fingerprint density at radius 3 is 2.68 bits per heavy atom. The van der Waals surface area contributed by atoms with E-state index < -0.39 is 18.0 Å². The Morgan fingerprint density at radius 2 is 2.16 bits per heavy atom. The van der Waals surface area contributed by atoms with Gasteiger partial charge in [-0.2, -0.15) is 0 Å². The van der Waals surface area contributed by atoms with Gasteiger partial charge in [0.2, 0.25) is 0 Å². The third-order valence-corrected chi connectivity index (χ3v) is 2.44. The van der Waals surface area contributed by atoms with E-state index in [1.807, 2.05) is 13.8 Å². The van der Waals surface area contributed by atoms with Gasteiger partial charge >= 0.3 is 6.03 Å². The summed E-state index contributed by atoms with van der Waals surface area (Å²) >= 11 is 0. The lowest BCUT2D eigenvalue weighted by atomic mass is 10.0. The first-order valence-electron chi connectivity index (χ1n) is 6.03. The highest BCUT2D eigenvalue weighted by molar-refractivity contribution is 5.86. The van der Waals surface area contributed by atoms with E-state index in [1.165, 1.54) is 6.26 Å². The molecular weight excluding hydrogens is 250 g/mol. The van der Waals surface area contributed by atoms with Gasteiger partial charge in [-0.25, -0.2) is 10.3 Å². The van der Waals surface area contributed by atoms with Gasteiger partial charge in [-0.3, -0.25) is 10.0 Å². The van der Waals surface area contributed by atoms with Crippen LogP contribution in [0.3, 0.4) is 0 Å². The fourth-order valence-electron chi connectivity index (χ4n) is 1.57.